The third-order valence-electron chi connectivity index (χ3n) is 3.38. The molecule has 8 heteroatoms. The Morgan fingerprint density at radius 3 is 2.58 bits per heavy atom. The van der Waals surface area contributed by atoms with Crippen molar-refractivity contribution in [2.75, 3.05) is 7.11 Å². The zero-order valence-electron chi connectivity index (χ0n) is 13.0. The second-order valence-electron chi connectivity index (χ2n) is 5.22. The summed E-state index contributed by atoms with van der Waals surface area (Å²) in [6.45, 7) is 1.50. The molecule has 0 saturated carbocycles. The number of esters is 1. The van der Waals surface area contributed by atoms with E-state index in [1.807, 2.05) is 0 Å². The van der Waals surface area contributed by atoms with Gasteiger partial charge in [0.2, 0.25) is 0 Å². The minimum absolute atomic E-state index is 0.143. The predicted molar refractivity (Wildman–Crippen MR) is 80.3 cm³/mol. The van der Waals surface area contributed by atoms with Crippen LogP contribution in [0.4, 0.5) is 13.2 Å². The highest BCUT2D eigenvalue weighted by Crippen LogP contribution is 2.36. The second-order valence-corrected chi connectivity index (χ2v) is 5.22. The molecule has 128 valence electrons. The number of carbonyl (C=O) groups is 2. The molecule has 1 atom stereocenters. The Labute approximate surface area is 135 Å². The quantitative estimate of drug-likeness (QED) is 0.869. The Kier molecular flexibility index (Phi) is 5.06. The van der Waals surface area contributed by atoms with Gasteiger partial charge >= 0.3 is 12.1 Å². The van der Waals surface area contributed by atoms with Gasteiger partial charge in [0.15, 0.2) is 0 Å². The van der Waals surface area contributed by atoms with Crippen LogP contribution in [0, 0.1) is 0 Å². The van der Waals surface area contributed by atoms with Crippen LogP contribution in [0.1, 0.15) is 29.3 Å². The lowest BCUT2D eigenvalue weighted by molar-refractivity contribution is -0.141. The summed E-state index contributed by atoms with van der Waals surface area (Å²) < 4.78 is 44.8. The van der Waals surface area contributed by atoms with Gasteiger partial charge in [0.1, 0.15) is 0 Å². The monoisotopic (exact) mass is 340 g/mol. The van der Waals surface area contributed by atoms with E-state index in [9.17, 15) is 22.8 Å². The van der Waals surface area contributed by atoms with Crippen LogP contribution in [0.15, 0.2) is 30.5 Å². The Hall–Kier alpha value is -2.64. The van der Waals surface area contributed by atoms with Crippen LogP contribution in [0.5, 0.6) is 0 Å². The zero-order valence-corrected chi connectivity index (χ0v) is 13.0. The highest BCUT2D eigenvalue weighted by molar-refractivity contribution is 6.00. The van der Waals surface area contributed by atoms with E-state index in [0.717, 1.165) is 6.20 Å². The maximum absolute atomic E-state index is 13.5. The highest BCUT2D eigenvalue weighted by atomic mass is 19.4. The van der Waals surface area contributed by atoms with Gasteiger partial charge in [-0.1, -0.05) is 18.2 Å². The number of methoxy groups -OCH3 is 1. The van der Waals surface area contributed by atoms with E-state index in [2.05, 4.69) is 15.0 Å². The molecule has 1 unspecified atom stereocenters. The van der Waals surface area contributed by atoms with Crippen LogP contribution >= 0.6 is 0 Å². The summed E-state index contributed by atoms with van der Waals surface area (Å²) in [4.78, 5) is 27.3. The molecule has 1 N–H and O–H groups in total. The molecule has 5 nitrogen and oxygen atoms in total. The minimum Gasteiger partial charge on any atom is -0.469 e. The largest absolute Gasteiger partial charge is 0.469 e. The molecule has 1 aromatic heterocycles. The Bertz CT molecular complexity index is 775. The summed E-state index contributed by atoms with van der Waals surface area (Å²) in [6, 6.07) is 5.03. The topological polar surface area (TPSA) is 68.3 Å². The average molecular weight is 340 g/mol. The van der Waals surface area contributed by atoms with Crippen LogP contribution in [-0.4, -0.2) is 30.0 Å². The Morgan fingerprint density at radius 2 is 1.96 bits per heavy atom. The van der Waals surface area contributed by atoms with Crippen molar-refractivity contribution < 1.29 is 27.5 Å². The summed E-state index contributed by atoms with van der Waals surface area (Å²) in [5, 5.41) is 2.20. The van der Waals surface area contributed by atoms with Gasteiger partial charge in [-0.15, -0.1) is 0 Å². The van der Waals surface area contributed by atoms with Gasteiger partial charge in [0.25, 0.3) is 5.91 Å². The number of fused-ring (bicyclic) bond motifs is 1. The van der Waals surface area contributed by atoms with Gasteiger partial charge in [-0.3, -0.25) is 14.6 Å². The molecular weight excluding hydrogens is 325 g/mol. The molecule has 1 amide bonds. The molecule has 24 heavy (non-hydrogen) atoms. The zero-order chi connectivity index (χ0) is 17.9. The lowest BCUT2D eigenvalue weighted by Crippen LogP contribution is -2.35. The molecule has 0 radical (unpaired) electrons. The summed E-state index contributed by atoms with van der Waals surface area (Å²) in [6.07, 6.45) is -3.98. The van der Waals surface area contributed by atoms with Crippen LogP contribution in [0.25, 0.3) is 10.9 Å². The fourth-order valence-corrected chi connectivity index (χ4v) is 2.30. The molecule has 0 bridgehead atoms. The lowest BCUT2D eigenvalue weighted by atomic mass is 10.0. The molecule has 0 spiro atoms. The molecule has 0 fully saturated rings. The van der Waals surface area contributed by atoms with E-state index >= 15 is 0 Å². The minimum atomic E-state index is -4.72. The first-order valence-electron chi connectivity index (χ1n) is 7.06. The van der Waals surface area contributed by atoms with Crippen LogP contribution < -0.4 is 5.32 Å². The molecule has 2 rings (SSSR count). The number of hydrogen-bond donors (Lipinski definition) is 1. The molecule has 0 aliphatic heterocycles. The van der Waals surface area contributed by atoms with Crippen LogP contribution in [0.3, 0.4) is 0 Å². The number of nitrogens with zero attached hydrogens (tertiary/aromatic N) is 1. The smallest absolute Gasteiger partial charge is 0.417 e. The fourth-order valence-electron chi connectivity index (χ4n) is 2.30. The maximum atomic E-state index is 13.5. The van der Waals surface area contributed by atoms with Crippen molar-refractivity contribution in [2.45, 2.75) is 25.6 Å². The molecular formula is C16H15F3N2O3. The number of amides is 1. The van der Waals surface area contributed by atoms with Crippen molar-refractivity contribution in [3.05, 3.63) is 41.6 Å². The van der Waals surface area contributed by atoms with E-state index in [0.29, 0.717) is 0 Å². The van der Waals surface area contributed by atoms with E-state index in [4.69, 9.17) is 0 Å². The molecule has 0 aliphatic carbocycles. The van der Waals surface area contributed by atoms with Gasteiger partial charge in [0.05, 0.1) is 30.2 Å². The predicted octanol–water partition coefficient (Wildman–Crippen LogP) is 2.94. The van der Waals surface area contributed by atoms with Gasteiger partial charge in [-0.25, -0.2) is 0 Å². The average Bonchev–Trinajstić information content (AvgIpc) is 2.52. The van der Waals surface area contributed by atoms with E-state index < -0.39 is 35.2 Å². The third-order valence-corrected chi connectivity index (χ3v) is 3.38. The number of rotatable bonds is 4. The van der Waals surface area contributed by atoms with Crippen molar-refractivity contribution in [3.8, 4) is 0 Å². The SMILES string of the molecule is COC(=O)CC(C)NC(=O)c1cnc2ccccc2c1C(F)(F)F. The lowest BCUT2D eigenvalue weighted by Gasteiger charge is -2.17. The standard InChI is InChI=1S/C16H15F3N2O3/c1-9(7-13(22)24-2)21-15(23)11-8-20-12-6-4-3-5-10(12)14(11)16(17,18)19/h3-6,8-9H,7H2,1-2H3,(H,21,23). The normalized spacial score (nSPS) is 12.7. The molecule has 2 aromatic rings. The molecule has 0 saturated heterocycles. The Balaban J connectivity index is 2.41. The van der Waals surface area contributed by atoms with Gasteiger partial charge in [-0.2, -0.15) is 13.2 Å². The second kappa shape index (κ2) is 6.86. The van der Waals surface area contributed by atoms with Gasteiger partial charge in [0, 0.05) is 17.6 Å². The number of ether oxygens (including phenoxy) is 1. The molecule has 1 aromatic carbocycles. The molecule has 0 aliphatic rings. The van der Waals surface area contributed by atoms with Gasteiger partial charge in [-0.05, 0) is 13.0 Å². The summed E-state index contributed by atoms with van der Waals surface area (Å²) in [5.41, 5.74) is -1.49. The number of pyridine rings is 1. The highest BCUT2D eigenvalue weighted by Gasteiger charge is 2.37. The van der Waals surface area contributed by atoms with E-state index in [1.165, 1.54) is 32.2 Å². The summed E-state index contributed by atoms with van der Waals surface area (Å²) in [7, 11) is 1.19. The Morgan fingerprint density at radius 1 is 1.29 bits per heavy atom. The first-order valence-corrected chi connectivity index (χ1v) is 7.06. The summed E-state index contributed by atoms with van der Waals surface area (Å²) in [5.74, 6) is -1.52. The van der Waals surface area contributed by atoms with Crippen LogP contribution in [0.2, 0.25) is 0 Å². The van der Waals surface area contributed by atoms with Crippen molar-refractivity contribution in [1.82, 2.24) is 10.3 Å². The van der Waals surface area contributed by atoms with Crippen LogP contribution in [-0.2, 0) is 15.7 Å². The first kappa shape index (κ1) is 17.7. The number of hydrogen-bond acceptors (Lipinski definition) is 4. The van der Waals surface area contributed by atoms with Gasteiger partial charge < -0.3 is 10.1 Å². The number of alkyl halides is 3. The van der Waals surface area contributed by atoms with E-state index in [1.54, 1.807) is 6.07 Å². The third kappa shape index (κ3) is 3.81. The molecule has 1 heterocycles. The van der Waals surface area contributed by atoms with Crippen molar-refractivity contribution >= 4 is 22.8 Å². The number of halogens is 3. The number of benzene rings is 1. The van der Waals surface area contributed by atoms with E-state index in [-0.39, 0.29) is 17.3 Å². The van der Waals surface area contributed by atoms with Crippen molar-refractivity contribution in [1.29, 1.82) is 0 Å². The summed E-state index contributed by atoms with van der Waals surface area (Å²) >= 11 is 0. The first-order chi connectivity index (χ1) is 11.2. The van der Waals surface area contributed by atoms with Crippen molar-refractivity contribution in [3.63, 3.8) is 0 Å². The number of aromatic nitrogens is 1. The van der Waals surface area contributed by atoms with Crippen molar-refractivity contribution in [2.24, 2.45) is 0 Å². The number of para-hydroxylation sites is 1. The fraction of sp³-hybridized carbons (Fsp3) is 0.312. The maximum Gasteiger partial charge on any atom is 0.417 e. The number of nitrogens with one attached hydrogen (secondary N) is 1. The number of carbonyl (C=O) groups excluding carboxylic acids is 2.